The first-order chi connectivity index (χ1) is 11.2. The molecule has 0 saturated carbocycles. The molecule has 1 heterocycles. The zero-order valence-corrected chi connectivity index (χ0v) is 13.9. The quantitative estimate of drug-likeness (QED) is 0.748. The van der Waals surface area contributed by atoms with E-state index in [0.717, 1.165) is 24.3 Å². The Morgan fingerprint density at radius 1 is 1.13 bits per heavy atom. The van der Waals surface area contributed by atoms with E-state index in [1.54, 1.807) is 0 Å². The number of hydrogen-bond donors (Lipinski definition) is 0. The Morgan fingerprint density at radius 3 is 2.57 bits per heavy atom. The maximum atomic E-state index is 5.55. The molecule has 0 radical (unpaired) electrons. The van der Waals surface area contributed by atoms with Crippen LogP contribution < -0.4 is 9.64 Å². The molecule has 0 bridgehead atoms. The van der Waals surface area contributed by atoms with Crippen molar-refractivity contribution in [3.05, 3.63) is 78.0 Å². The van der Waals surface area contributed by atoms with Gasteiger partial charge in [-0.15, -0.1) is 0 Å². The Morgan fingerprint density at radius 2 is 1.87 bits per heavy atom. The van der Waals surface area contributed by atoms with Gasteiger partial charge in [0.15, 0.2) is 0 Å². The van der Waals surface area contributed by atoms with E-state index >= 15 is 0 Å². The Hall–Kier alpha value is -2.48. The Balaban J connectivity index is 1.99. The minimum Gasteiger partial charge on any atom is -0.494 e. The zero-order chi connectivity index (χ0) is 16.2. The molecule has 0 unspecified atom stereocenters. The van der Waals surface area contributed by atoms with Crippen molar-refractivity contribution >= 4 is 11.4 Å². The predicted octanol–water partition coefficient (Wildman–Crippen LogP) is 5.41. The summed E-state index contributed by atoms with van der Waals surface area (Å²) in [7, 11) is 0. The van der Waals surface area contributed by atoms with Crippen LogP contribution in [-0.4, -0.2) is 6.61 Å². The molecule has 0 aromatic heterocycles. The number of benzene rings is 2. The summed E-state index contributed by atoms with van der Waals surface area (Å²) in [5.74, 6) is 0.907. The van der Waals surface area contributed by atoms with Gasteiger partial charge in [0.1, 0.15) is 5.75 Å². The SMILES string of the molecule is C=C1CCc2ccccc2N1/C(=C\C)c1ccc(OCC)cc1. The van der Waals surface area contributed by atoms with Gasteiger partial charge in [0.2, 0.25) is 0 Å². The van der Waals surface area contributed by atoms with Crippen molar-refractivity contribution in [1.82, 2.24) is 0 Å². The Kier molecular flexibility index (Phi) is 4.52. The van der Waals surface area contributed by atoms with Crippen molar-refractivity contribution in [2.24, 2.45) is 0 Å². The highest BCUT2D eigenvalue weighted by molar-refractivity contribution is 5.84. The van der Waals surface area contributed by atoms with Crippen LogP contribution in [0.25, 0.3) is 5.70 Å². The Labute approximate surface area is 138 Å². The van der Waals surface area contributed by atoms with Gasteiger partial charge in [-0.3, -0.25) is 0 Å². The molecule has 2 aromatic rings. The summed E-state index contributed by atoms with van der Waals surface area (Å²) in [5.41, 5.74) is 6.11. The summed E-state index contributed by atoms with van der Waals surface area (Å²) in [6.45, 7) is 9.06. The molecule has 1 aliphatic heterocycles. The molecular formula is C21H23NO. The molecule has 0 N–H and O–H groups in total. The highest BCUT2D eigenvalue weighted by Crippen LogP contribution is 2.38. The normalized spacial score (nSPS) is 14.6. The highest BCUT2D eigenvalue weighted by Gasteiger charge is 2.23. The van der Waals surface area contributed by atoms with Gasteiger partial charge in [0.25, 0.3) is 0 Å². The second-order valence-corrected chi connectivity index (χ2v) is 5.66. The molecule has 0 saturated heterocycles. The van der Waals surface area contributed by atoms with Gasteiger partial charge < -0.3 is 9.64 Å². The second-order valence-electron chi connectivity index (χ2n) is 5.66. The number of hydrogen-bond acceptors (Lipinski definition) is 2. The number of rotatable bonds is 4. The fraction of sp³-hybridized carbons (Fsp3) is 0.238. The average Bonchev–Trinajstić information content (AvgIpc) is 2.59. The van der Waals surface area contributed by atoms with Gasteiger partial charge >= 0.3 is 0 Å². The maximum Gasteiger partial charge on any atom is 0.119 e. The lowest BCUT2D eigenvalue weighted by Crippen LogP contribution is -2.25. The van der Waals surface area contributed by atoms with E-state index in [2.05, 4.69) is 60.9 Å². The first-order valence-corrected chi connectivity index (χ1v) is 8.20. The molecule has 0 amide bonds. The number of para-hydroxylation sites is 1. The van der Waals surface area contributed by atoms with Crippen molar-refractivity contribution < 1.29 is 4.74 Å². The molecule has 0 aliphatic carbocycles. The summed E-state index contributed by atoms with van der Waals surface area (Å²) < 4.78 is 5.55. The number of ether oxygens (including phenoxy) is 1. The molecule has 2 heteroatoms. The minimum atomic E-state index is 0.687. The van der Waals surface area contributed by atoms with Crippen LogP contribution in [0.2, 0.25) is 0 Å². The lowest BCUT2D eigenvalue weighted by atomic mass is 9.97. The van der Waals surface area contributed by atoms with Crippen LogP contribution in [0, 0.1) is 0 Å². The molecule has 0 spiro atoms. The van der Waals surface area contributed by atoms with E-state index in [-0.39, 0.29) is 0 Å². The number of allylic oxidation sites excluding steroid dienone is 2. The van der Waals surface area contributed by atoms with Gasteiger partial charge in [-0.05, 0) is 68.1 Å². The third-order valence-corrected chi connectivity index (χ3v) is 4.21. The zero-order valence-electron chi connectivity index (χ0n) is 13.9. The first-order valence-electron chi connectivity index (χ1n) is 8.20. The van der Waals surface area contributed by atoms with Gasteiger partial charge in [0, 0.05) is 17.1 Å². The molecule has 0 fully saturated rings. The largest absolute Gasteiger partial charge is 0.494 e. The lowest BCUT2D eigenvalue weighted by Gasteiger charge is -2.35. The topological polar surface area (TPSA) is 12.5 Å². The van der Waals surface area contributed by atoms with Crippen LogP contribution in [0.1, 0.15) is 31.4 Å². The molecular weight excluding hydrogens is 282 g/mol. The smallest absolute Gasteiger partial charge is 0.119 e. The van der Waals surface area contributed by atoms with Crippen molar-refractivity contribution in [2.45, 2.75) is 26.7 Å². The number of anilines is 1. The first kappa shape index (κ1) is 15.4. The van der Waals surface area contributed by atoms with E-state index in [4.69, 9.17) is 4.74 Å². The predicted molar refractivity (Wildman–Crippen MR) is 97.6 cm³/mol. The van der Waals surface area contributed by atoms with Crippen LogP contribution in [0.5, 0.6) is 5.75 Å². The molecule has 1 aliphatic rings. The lowest BCUT2D eigenvalue weighted by molar-refractivity contribution is 0.340. The summed E-state index contributed by atoms with van der Waals surface area (Å²) in [6, 6.07) is 16.9. The number of nitrogens with zero attached hydrogens (tertiary/aromatic N) is 1. The van der Waals surface area contributed by atoms with E-state index < -0.39 is 0 Å². The molecule has 23 heavy (non-hydrogen) atoms. The summed E-state index contributed by atoms with van der Waals surface area (Å²) in [5, 5.41) is 0. The molecule has 2 nitrogen and oxygen atoms in total. The fourth-order valence-corrected chi connectivity index (χ4v) is 3.12. The van der Waals surface area contributed by atoms with E-state index in [9.17, 15) is 0 Å². The highest BCUT2D eigenvalue weighted by atomic mass is 16.5. The minimum absolute atomic E-state index is 0.687. The van der Waals surface area contributed by atoms with Crippen LogP contribution >= 0.6 is 0 Å². The van der Waals surface area contributed by atoms with Crippen LogP contribution in [0.15, 0.2) is 66.9 Å². The second kappa shape index (κ2) is 6.74. The summed E-state index contributed by atoms with van der Waals surface area (Å²) >= 11 is 0. The summed E-state index contributed by atoms with van der Waals surface area (Å²) in [4.78, 5) is 2.29. The molecule has 3 rings (SSSR count). The third kappa shape index (κ3) is 3.02. The third-order valence-electron chi connectivity index (χ3n) is 4.21. The van der Waals surface area contributed by atoms with Gasteiger partial charge in [-0.2, -0.15) is 0 Å². The standard InChI is InChI=1S/C21H23NO/c1-4-20(18-12-14-19(15-13-18)23-5-2)22-16(3)10-11-17-8-6-7-9-21(17)22/h4,6-9,12-15H,3,5,10-11H2,1-2H3/b20-4-. The van der Waals surface area contributed by atoms with Crippen LogP contribution in [0.4, 0.5) is 5.69 Å². The average molecular weight is 305 g/mol. The number of fused-ring (bicyclic) bond motifs is 1. The van der Waals surface area contributed by atoms with Crippen LogP contribution in [0.3, 0.4) is 0 Å². The summed E-state index contributed by atoms with van der Waals surface area (Å²) in [6.07, 6.45) is 4.21. The fourth-order valence-electron chi connectivity index (χ4n) is 3.12. The van der Waals surface area contributed by atoms with E-state index in [0.29, 0.717) is 6.61 Å². The Bertz CT molecular complexity index is 728. The van der Waals surface area contributed by atoms with Gasteiger partial charge in [0.05, 0.1) is 6.61 Å². The van der Waals surface area contributed by atoms with Crippen molar-refractivity contribution in [1.29, 1.82) is 0 Å². The molecule has 118 valence electrons. The van der Waals surface area contributed by atoms with Crippen LogP contribution in [-0.2, 0) is 6.42 Å². The van der Waals surface area contributed by atoms with Crippen molar-refractivity contribution in [2.75, 3.05) is 11.5 Å². The van der Waals surface area contributed by atoms with Crippen molar-refractivity contribution in [3.63, 3.8) is 0 Å². The molecule has 2 aromatic carbocycles. The van der Waals surface area contributed by atoms with E-state index in [1.165, 1.54) is 22.5 Å². The number of aryl methyl sites for hydroxylation is 1. The van der Waals surface area contributed by atoms with E-state index in [1.807, 2.05) is 19.1 Å². The van der Waals surface area contributed by atoms with Gasteiger partial charge in [-0.1, -0.05) is 30.9 Å². The van der Waals surface area contributed by atoms with Crippen molar-refractivity contribution in [3.8, 4) is 5.75 Å². The monoisotopic (exact) mass is 305 g/mol. The molecule has 0 atom stereocenters. The maximum absolute atomic E-state index is 5.55. The van der Waals surface area contributed by atoms with Gasteiger partial charge in [-0.25, -0.2) is 0 Å².